The Hall–Kier alpha value is -2.87. The highest BCUT2D eigenvalue weighted by Crippen LogP contribution is 2.21. The van der Waals surface area contributed by atoms with Crippen molar-refractivity contribution in [2.75, 3.05) is 38.6 Å². The Morgan fingerprint density at radius 2 is 2.06 bits per heavy atom. The van der Waals surface area contributed by atoms with Crippen LogP contribution in [0, 0.1) is 0 Å². The van der Waals surface area contributed by atoms with Crippen molar-refractivity contribution in [3.63, 3.8) is 0 Å². The first-order valence-electron chi connectivity index (χ1n) is 12.7. The molecule has 0 saturated heterocycles. The van der Waals surface area contributed by atoms with Crippen molar-refractivity contribution in [1.29, 1.82) is 0 Å². The van der Waals surface area contributed by atoms with Gasteiger partial charge in [-0.1, -0.05) is 19.1 Å². The molecule has 2 aromatic rings. The highest BCUT2D eigenvalue weighted by molar-refractivity contribution is 5.68. The molecule has 8 nitrogen and oxygen atoms in total. The summed E-state index contributed by atoms with van der Waals surface area (Å²) in [5.41, 5.74) is 2.91. The van der Waals surface area contributed by atoms with Crippen LogP contribution in [0.5, 0.6) is 5.88 Å². The monoisotopic (exact) mass is 483 g/mol. The maximum Gasteiger partial charge on any atom is 0.410 e. The van der Waals surface area contributed by atoms with Gasteiger partial charge >= 0.3 is 6.09 Å². The van der Waals surface area contributed by atoms with E-state index in [9.17, 15) is 4.79 Å². The average molecular weight is 484 g/mol. The van der Waals surface area contributed by atoms with Gasteiger partial charge in [-0.05, 0) is 70.1 Å². The van der Waals surface area contributed by atoms with Gasteiger partial charge in [0.2, 0.25) is 5.88 Å². The Morgan fingerprint density at radius 3 is 2.74 bits per heavy atom. The SMILES string of the molecule is CC[C@H](NCCN(CCCc1ccc2c(n1)NCCC2)C(=O)OC(C)(C)C)c1ccc(OC)nc1. The van der Waals surface area contributed by atoms with Gasteiger partial charge in [-0.3, -0.25) is 0 Å². The molecule has 0 aromatic carbocycles. The lowest BCUT2D eigenvalue weighted by atomic mass is 10.1. The molecular formula is C27H41N5O3. The summed E-state index contributed by atoms with van der Waals surface area (Å²) < 4.78 is 10.8. The number of anilines is 1. The Kier molecular flexibility index (Phi) is 9.72. The summed E-state index contributed by atoms with van der Waals surface area (Å²) in [6.07, 6.45) is 6.35. The van der Waals surface area contributed by atoms with E-state index in [1.54, 1.807) is 12.0 Å². The van der Waals surface area contributed by atoms with Crippen LogP contribution in [0.25, 0.3) is 0 Å². The number of carbonyl (C=O) groups excluding carboxylic acids is 1. The number of methoxy groups -OCH3 is 1. The number of amides is 1. The number of aromatic nitrogens is 2. The van der Waals surface area contributed by atoms with Crippen LogP contribution in [0.4, 0.5) is 10.6 Å². The standard InChI is InChI=1S/C27H41N5O3/c1-6-23(21-12-14-24(34-5)30-19-21)28-16-18-32(26(33)35-27(2,3)4)17-8-10-22-13-11-20-9-7-15-29-25(20)31-22/h11-14,19,23,28H,6-10,15-18H2,1-5H3,(H,29,31)/t23-/m0/s1. The van der Waals surface area contributed by atoms with Crippen LogP contribution >= 0.6 is 0 Å². The molecule has 3 heterocycles. The van der Waals surface area contributed by atoms with Crippen molar-refractivity contribution in [3.8, 4) is 5.88 Å². The van der Waals surface area contributed by atoms with Crippen LogP contribution in [0.15, 0.2) is 30.5 Å². The second-order valence-corrected chi connectivity index (χ2v) is 9.96. The molecular weight excluding hydrogens is 442 g/mol. The van der Waals surface area contributed by atoms with Gasteiger partial charge in [0.25, 0.3) is 0 Å². The second kappa shape index (κ2) is 12.7. The fourth-order valence-corrected chi connectivity index (χ4v) is 4.17. The quantitative estimate of drug-likeness (QED) is 0.477. The first-order chi connectivity index (χ1) is 16.8. The van der Waals surface area contributed by atoms with Crippen LogP contribution in [0.3, 0.4) is 0 Å². The average Bonchev–Trinajstić information content (AvgIpc) is 2.84. The van der Waals surface area contributed by atoms with Crippen LogP contribution in [-0.4, -0.2) is 59.9 Å². The molecule has 8 heteroatoms. The predicted octanol–water partition coefficient (Wildman–Crippen LogP) is 4.75. The molecule has 0 aliphatic carbocycles. The number of ether oxygens (including phenoxy) is 2. The second-order valence-electron chi connectivity index (χ2n) is 9.96. The van der Waals surface area contributed by atoms with Crippen LogP contribution < -0.4 is 15.4 Å². The van der Waals surface area contributed by atoms with Gasteiger partial charge in [0.1, 0.15) is 11.4 Å². The summed E-state index contributed by atoms with van der Waals surface area (Å²) in [5.74, 6) is 1.62. The van der Waals surface area contributed by atoms with E-state index in [4.69, 9.17) is 14.5 Å². The Labute approximate surface area is 209 Å². The zero-order chi connectivity index (χ0) is 25.3. The highest BCUT2D eigenvalue weighted by Gasteiger charge is 2.22. The fourth-order valence-electron chi connectivity index (χ4n) is 4.17. The van der Waals surface area contributed by atoms with Crippen molar-refractivity contribution in [1.82, 2.24) is 20.2 Å². The number of fused-ring (bicyclic) bond motifs is 1. The van der Waals surface area contributed by atoms with Crippen molar-refractivity contribution in [3.05, 3.63) is 47.3 Å². The molecule has 3 rings (SSSR count). The molecule has 1 aliphatic heterocycles. The zero-order valence-electron chi connectivity index (χ0n) is 21.9. The van der Waals surface area contributed by atoms with Gasteiger partial charge in [0.15, 0.2) is 0 Å². The molecule has 1 amide bonds. The van der Waals surface area contributed by atoms with E-state index in [0.29, 0.717) is 25.5 Å². The molecule has 2 N–H and O–H groups in total. The molecule has 0 fully saturated rings. The van der Waals surface area contributed by atoms with Crippen molar-refractivity contribution in [2.45, 2.75) is 71.4 Å². The number of hydrogen-bond donors (Lipinski definition) is 2. The Balaban J connectivity index is 1.56. The molecule has 0 unspecified atom stereocenters. The maximum atomic E-state index is 12.9. The first-order valence-corrected chi connectivity index (χ1v) is 12.7. The number of nitrogens with one attached hydrogen (secondary N) is 2. The number of rotatable bonds is 11. The van der Waals surface area contributed by atoms with Crippen LogP contribution in [-0.2, 0) is 17.6 Å². The van der Waals surface area contributed by atoms with Gasteiger partial charge in [-0.2, -0.15) is 0 Å². The summed E-state index contributed by atoms with van der Waals surface area (Å²) in [6.45, 7) is 10.6. The van der Waals surface area contributed by atoms with E-state index in [2.05, 4.69) is 34.7 Å². The topological polar surface area (TPSA) is 88.6 Å². The molecule has 192 valence electrons. The van der Waals surface area contributed by atoms with Crippen molar-refractivity contribution >= 4 is 11.9 Å². The minimum absolute atomic E-state index is 0.154. The third-order valence-electron chi connectivity index (χ3n) is 6.02. The van der Waals surface area contributed by atoms with Gasteiger partial charge in [0.05, 0.1) is 7.11 Å². The minimum atomic E-state index is -0.533. The predicted molar refractivity (Wildman–Crippen MR) is 139 cm³/mol. The Bertz CT molecular complexity index is 943. The van der Waals surface area contributed by atoms with E-state index in [-0.39, 0.29) is 12.1 Å². The number of nitrogens with zero attached hydrogens (tertiary/aromatic N) is 3. The summed E-state index contributed by atoms with van der Waals surface area (Å²) in [6, 6.07) is 8.34. The number of carbonyl (C=O) groups is 1. The minimum Gasteiger partial charge on any atom is -0.481 e. The number of hydrogen-bond acceptors (Lipinski definition) is 7. The number of pyridine rings is 2. The molecule has 1 aliphatic rings. The lowest BCUT2D eigenvalue weighted by Crippen LogP contribution is -2.41. The highest BCUT2D eigenvalue weighted by atomic mass is 16.6. The zero-order valence-corrected chi connectivity index (χ0v) is 21.9. The van der Waals surface area contributed by atoms with Gasteiger partial charge < -0.3 is 25.0 Å². The first kappa shape index (κ1) is 26.7. The smallest absolute Gasteiger partial charge is 0.410 e. The lowest BCUT2D eigenvalue weighted by Gasteiger charge is -2.28. The van der Waals surface area contributed by atoms with Gasteiger partial charge in [0, 0.05) is 50.2 Å². The normalized spacial score (nSPS) is 14.0. The van der Waals surface area contributed by atoms with Crippen LogP contribution in [0.1, 0.15) is 69.8 Å². The van der Waals surface area contributed by atoms with Gasteiger partial charge in [-0.15, -0.1) is 0 Å². The van der Waals surface area contributed by atoms with E-state index in [1.807, 2.05) is 39.1 Å². The number of aryl methyl sites for hydroxylation is 2. The third-order valence-corrected chi connectivity index (χ3v) is 6.02. The molecule has 0 bridgehead atoms. The third kappa shape index (κ3) is 8.38. The molecule has 1 atom stereocenters. The van der Waals surface area contributed by atoms with Crippen molar-refractivity contribution in [2.24, 2.45) is 0 Å². The Morgan fingerprint density at radius 1 is 1.23 bits per heavy atom. The van der Waals surface area contributed by atoms with E-state index in [0.717, 1.165) is 55.7 Å². The lowest BCUT2D eigenvalue weighted by molar-refractivity contribution is 0.0248. The van der Waals surface area contributed by atoms with Crippen LogP contribution in [0.2, 0.25) is 0 Å². The summed E-state index contributed by atoms with van der Waals surface area (Å²) in [5, 5.41) is 6.96. The van der Waals surface area contributed by atoms with Crippen molar-refractivity contribution < 1.29 is 14.3 Å². The van der Waals surface area contributed by atoms with E-state index >= 15 is 0 Å². The molecule has 2 aromatic heterocycles. The summed E-state index contributed by atoms with van der Waals surface area (Å²) in [7, 11) is 1.61. The summed E-state index contributed by atoms with van der Waals surface area (Å²) >= 11 is 0. The molecule has 0 radical (unpaired) electrons. The largest absolute Gasteiger partial charge is 0.481 e. The van der Waals surface area contributed by atoms with E-state index in [1.165, 1.54) is 5.56 Å². The summed E-state index contributed by atoms with van der Waals surface area (Å²) in [4.78, 5) is 23.8. The van der Waals surface area contributed by atoms with E-state index < -0.39 is 5.60 Å². The molecule has 0 saturated carbocycles. The molecule has 0 spiro atoms. The van der Waals surface area contributed by atoms with Gasteiger partial charge in [-0.25, -0.2) is 14.8 Å². The fraction of sp³-hybridized carbons (Fsp3) is 0.593. The maximum absolute atomic E-state index is 12.9. The molecule has 35 heavy (non-hydrogen) atoms.